The number of amides is 1. The average molecular weight is 587 g/mol. The fraction of sp³-hybridized carbons (Fsp3) is 0.435. The van der Waals surface area contributed by atoms with Crippen LogP contribution in [0.5, 0.6) is 0 Å². The zero-order chi connectivity index (χ0) is 27.9. The number of carbonyl (C=O) groups is 1. The fourth-order valence-electron chi connectivity index (χ4n) is 4.34. The number of rotatable bonds is 8. The summed E-state index contributed by atoms with van der Waals surface area (Å²) in [6, 6.07) is 9.85. The number of morpholine rings is 1. The molecule has 1 fully saturated rings. The van der Waals surface area contributed by atoms with E-state index in [1.165, 1.54) is 59.7 Å². The number of sulfonamides is 3. The average Bonchev–Trinajstić information content (AvgIpc) is 3.30. The first kappa shape index (κ1) is 28.4. The summed E-state index contributed by atoms with van der Waals surface area (Å²) in [4.78, 5) is 14.8. The Morgan fingerprint density at radius 1 is 0.895 bits per heavy atom. The van der Waals surface area contributed by atoms with Crippen LogP contribution in [0.2, 0.25) is 0 Å². The monoisotopic (exact) mass is 586 g/mol. The Labute approximate surface area is 223 Å². The molecular weight excluding hydrogens is 556 g/mol. The maximum absolute atomic E-state index is 13.2. The second-order valence-electron chi connectivity index (χ2n) is 9.15. The smallest absolute Gasteiger partial charge is 0.247 e. The second kappa shape index (κ2) is 10.5. The van der Waals surface area contributed by atoms with Crippen LogP contribution in [-0.2, 0) is 46.0 Å². The summed E-state index contributed by atoms with van der Waals surface area (Å²) in [6.45, 7) is 0.822. The summed E-state index contributed by atoms with van der Waals surface area (Å²) < 4.78 is 84.5. The van der Waals surface area contributed by atoms with Gasteiger partial charge in [-0.1, -0.05) is 0 Å². The summed E-state index contributed by atoms with van der Waals surface area (Å²) in [5, 5.41) is 0. The van der Waals surface area contributed by atoms with Crippen molar-refractivity contribution in [2.75, 3.05) is 68.9 Å². The molecule has 0 spiro atoms. The molecule has 0 unspecified atom stereocenters. The molecule has 0 N–H and O–H groups in total. The van der Waals surface area contributed by atoms with Gasteiger partial charge in [-0.15, -0.1) is 0 Å². The molecule has 1 amide bonds. The minimum absolute atomic E-state index is 0.0138. The molecule has 2 aromatic carbocycles. The molecule has 1 saturated heterocycles. The molecule has 2 aliphatic heterocycles. The van der Waals surface area contributed by atoms with Gasteiger partial charge in [-0.3, -0.25) is 9.10 Å². The zero-order valence-corrected chi connectivity index (χ0v) is 23.7. The number of carbonyl (C=O) groups excluding carboxylic acids is 1. The van der Waals surface area contributed by atoms with Gasteiger partial charge in [0, 0.05) is 39.4 Å². The summed E-state index contributed by atoms with van der Waals surface area (Å²) in [7, 11) is -8.44. The minimum Gasteiger partial charge on any atom is -0.379 e. The maximum Gasteiger partial charge on any atom is 0.247 e. The van der Waals surface area contributed by atoms with Crippen molar-refractivity contribution in [3.8, 4) is 0 Å². The van der Waals surface area contributed by atoms with Gasteiger partial charge >= 0.3 is 0 Å². The molecule has 0 radical (unpaired) electrons. The predicted octanol–water partition coefficient (Wildman–Crippen LogP) is 0.313. The van der Waals surface area contributed by atoms with E-state index in [2.05, 4.69) is 0 Å². The summed E-state index contributed by atoms with van der Waals surface area (Å²) in [5.74, 6) is -0.498. The van der Waals surface area contributed by atoms with Crippen LogP contribution in [0.25, 0.3) is 0 Å². The molecule has 4 rings (SSSR count). The summed E-state index contributed by atoms with van der Waals surface area (Å²) in [6.07, 6.45) is 1.39. The van der Waals surface area contributed by atoms with Gasteiger partial charge in [0.1, 0.15) is 6.54 Å². The molecule has 0 atom stereocenters. The van der Waals surface area contributed by atoms with Crippen molar-refractivity contribution >= 4 is 47.4 Å². The van der Waals surface area contributed by atoms with Gasteiger partial charge in [0.05, 0.1) is 34.9 Å². The third-order valence-corrected chi connectivity index (χ3v) is 11.3. The number of anilines is 2. The molecule has 0 bridgehead atoms. The standard InChI is InChI=1S/C23H30N4O8S3/c1-24(2)37(31,32)21-8-9-22-18(16-21)10-11-26(22)23(28)17-27(36(3,29)30)19-4-6-20(7-5-19)38(33,34)25-12-14-35-15-13-25/h4-9,16H,10-15,17H2,1-3H3. The van der Waals surface area contributed by atoms with Crippen LogP contribution in [0.3, 0.4) is 0 Å². The number of fused-ring (bicyclic) bond motifs is 1. The quantitative estimate of drug-likeness (QED) is 0.430. The van der Waals surface area contributed by atoms with Gasteiger partial charge in [0.25, 0.3) is 0 Å². The van der Waals surface area contributed by atoms with Gasteiger partial charge in [-0.25, -0.2) is 29.6 Å². The summed E-state index contributed by atoms with van der Waals surface area (Å²) in [5.41, 5.74) is 1.34. The third-order valence-electron chi connectivity index (χ3n) is 6.44. The molecule has 0 saturated carbocycles. The number of benzene rings is 2. The lowest BCUT2D eigenvalue weighted by molar-refractivity contribution is -0.117. The lowest BCUT2D eigenvalue weighted by Gasteiger charge is -2.27. The van der Waals surface area contributed by atoms with E-state index in [1.807, 2.05) is 0 Å². The maximum atomic E-state index is 13.2. The van der Waals surface area contributed by atoms with Gasteiger partial charge in [0.15, 0.2) is 0 Å². The molecular formula is C23H30N4O8S3. The van der Waals surface area contributed by atoms with E-state index < -0.39 is 42.5 Å². The Morgan fingerprint density at radius 3 is 2.08 bits per heavy atom. The van der Waals surface area contributed by atoms with E-state index in [1.54, 1.807) is 6.07 Å². The van der Waals surface area contributed by atoms with Crippen LogP contribution in [0.1, 0.15) is 5.56 Å². The van der Waals surface area contributed by atoms with Crippen LogP contribution < -0.4 is 9.21 Å². The Balaban J connectivity index is 1.56. The van der Waals surface area contributed by atoms with Crippen molar-refractivity contribution in [3.05, 3.63) is 48.0 Å². The van der Waals surface area contributed by atoms with E-state index in [-0.39, 0.29) is 35.1 Å². The predicted molar refractivity (Wildman–Crippen MR) is 142 cm³/mol. The van der Waals surface area contributed by atoms with Crippen molar-refractivity contribution in [1.82, 2.24) is 8.61 Å². The highest BCUT2D eigenvalue weighted by Crippen LogP contribution is 2.32. The van der Waals surface area contributed by atoms with Crippen molar-refractivity contribution in [3.63, 3.8) is 0 Å². The molecule has 38 heavy (non-hydrogen) atoms. The fourth-order valence-corrected chi connectivity index (χ4v) is 7.55. The highest BCUT2D eigenvalue weighted by Gasteiger charge is 2.31. The van der Waals surface area contributed by atoms with Crippen molar-refractivity contribution in [2.24, 2.45) is 0 Å². The van der Waals surface area contributed by atoms with Crippen molar-refractivity contribution in [1.29, 1.82) is 0 Å². The third kappa shape index (κ3) is 5.58. The van der Waals surface area contributed by atoms with E-state index >= 15 is 0 Å². The van der Waals surface area contributed by atoms with E-state index in [0.717, 1.165) is 14.9 Å². The molecule has 2 aliphatic rings. The topological polar surface area (TPSA) is 142 Å². The van der Waals surface area contributed by atoms with Gasteiger partial charge in [-0.2, -0.15) is 4.31 Å². The number of hydrogen-bond acceptors (Lipinski definition) is 8. The van der Waals surface area contributed by atoms with Crippen molar-refractivity contribution in [2.45, 2.75) is 16.2 Å². The first-order valence-electron chi connectivity index (χ1n) is 11.7. The number of hydrogen-bond donors (Lipinski definition) is 0. The molecule has 2 aromatic rings. The van der Waals surface area contributed by atoms with Gasteiger partial charge in [0.2, 0.25) is 36.0 Å². The Hall–Kier alpha value is -2.56. The van der Waals surface area contributed by atoms with Gasteiger partial charge < -0.3 is 9.64 Å². The van der Waals surface area contributed by atoms with E-state index in [0.29, 0.717) is 30.9 Å². The lowest BCUT2D eigenvalue weighted by Crippen LogP contribution is -2.42. The zero-order valence-electron chi connectivity index (χ0n) is 21.3. The van der Waals surface area contributed by atoms with E-state index in [9.17, 15) is 30.0 Å². The van der Waals surface area contributed by atoms with Crippen molar-refractivity contribution < 1.29 is 34.8 Å². The lowest BCUT2D eigenvalue weighted by atomic mass is 10.2. The Morgan fingerprint density at radius 2 is 1.50 bits per heavy atom. The van der Waals surface area contributed by atoms with Crippen LogP contribution in [0, 0.1) is 0 Å². The highest BCUT2D eigenvalue weighted by atomic mass is 32.2. The van der Waals surface area contributed by atoms with Gasteiger partial charge in [-0.05, 0) is 54.4 Å². The molecule has 12 nitrogen and oxygen atoms in total. The highest BCUT2D eigenvalue weighted by molar-refractivity contribution is 7.92. The second-order valence-corrected chi connectivity index (χ2v) is 15.1. The Kier molecular flexibility index (Phi) is 7.89. The Bertz CT molecular complexity index is 1530. The molecule has 0 aromatic heterocycles. The van der Waals surface area contributed by atoms with Crippen LogP contribution in [0.15, 0.2) is 52.3 Å². The number of nitrogens with zero attached hydrogens (tertiary/aromatic N) is 4. The molecule has 2 heterocycles. The SMILES string of the molecule is CN(C)S(=O)(=O)c1ccc2c(c1)CCN2C(=O)CN(c1ccc(S(=O)(=O)N2CCOCC2)cc1)S(C)(=O)=O. The normalized spacial score (nSPS) is 17.0. The van der Waals surface area contributed by atoms with Crippen LogP contribution in [0.4, 0.5) is 11.4 Å². The molecule has 208 valence electrons. The first-order valence-corrected chi connectivity index (χ1v) is 16.5. The molecule has 0 aliphatic carbocycles. The van der Waals surface area contributed by atoms with Crippen LogP contribution >= 0.6 is 0 Å². The minimum atomic E-state index is -3.90. The van der Waals surface area contributed by atoms with Crippen LogP contribution in [-0.4, -0.2) is 99.5 Å². The summed E-state index contributed by atoms with van der Waals surface area (Å²) >= 11 is 0. The first-order chi connectivity index (χ1) is 17.7. The number of ether oxygens (including phenoxy) is 1. The van der Waals surface area contributed by atoms with E-state index in [4.69, 9.17) is 4.74 Å². The molecule has 15 heteroatoms. The largest absolute Gasteiger partial charge is 0.379 e.